The predicted molar refractivity (Wildman–Crippen MR) is 107 cm³/mol. The van der Waals surface area contributed by atoms with Gasteiger partial charge in [0.25, 0.3) is 0 Å². The van der Waals surface area contributed by atoms with Crippen LogP contribution in [0.25, 0.3) is 22.1 Å². The minimum absolute atomic E-state index is 0.118. The fourth-order valence-electron chi connectivity index (χ4n) is 2.66. The summed E-state index contributed by atoms with van der Waals surface area (Å²) in [5.41, 5.74) is 1.59. The lowest BCUT2D eigenvalue weighted by atomic mass is 10.0. The van der Waals surface area contributed by atoms with Crippen molar-refractivity contribution in [3.8, 4) is 16.9 Å². The van der Waals surface area contributed by atoms with Gasteiger partial charge in [0, 0.05) is 10.5 Å². The Balaban J connectivity index is 1.91. The summed E-state index contributed by atoms with van der Waals surface area (Å²) in [5, 5.41) is 0.445. The van der Waals surface area contributed by atoms with E-state index in [9.17, 15) is 9.59 Å². The van der Waals surface area contributed by atoms with Gasteiger partial charge in [-0.05, 0) is 36.8 Å². The predicted octanol–water partition coefficient (Wildman–Crippen LogP) is 4.64. The highest BCUT2D eigenvalue weighted by molar-refractivity contribution is 9.10. The van der Waals surface area contributed by atoms with Gasteiger partial charge >= 0.3 is 5.97 Å². The van der Waals surface area contributed by atoms with Gasteiger partial charge in [0.15, 0.2) is 6.61 Å². The zero-order chi connectivity index (χ0) is 19.4. The lowest BCUT2D eigenvalue weighted by Crippen LogP contribution is -2.15. The van der Waals surface area contributed by atoms with Gasteiger partial charge in [0.2, 0.25) is 5.43 Å². The highest BCUT2D eigenvalue weighted by Gasteiger charge is 2.14. The monoisotopic (exact) mass is 428 g/mol. The van der Waals surface area contributed by atoms with Crippen molar-refractivity contribution in [3.63, 3.8) is 0 Å². The molecule has 2 aromatic carbocycles. The van der Waals surface area contributed by atoms with Crippen LogP contribution in [0.3, 0.4) is 0 Å². The number of rotatable bonds is 6. The average molecular weight is 429 g/mol. The largest absolute Gasteiger partial charge is 0.482 e. The number of fused-ring (bicyclic) bond motifs is 1. The average Bonchev–Trinajstić information content (AvgIpc) is 2.66. The molecule has 0 aliphatic rings. The van der Waals surface area contributed by atoms with E-state index >= 15 is 0 Å². The molecule has 0 amide bonds. The van der Waals surface area contributed by atoms with Crippen molar-refractivity contribution in [2.75, 3.05) is 13.2 Å². The van der Waals surface area contributed by atoms with E-state index in [2.05, 4.69) is 22.5 Å². The number of esters is 1. The number of ether oxygens (including phenoxy) is 2. The SMILES string of the molecule is C=CCOC(=O)COc1ccc2c(=O)c(-c3ccc(Br)cc3)c(C)oc2c1. The van der Waals surface area contributed by atoms with E-state index < -0.39 is 5.97 Å². The van der Waals surface area contributed by atoms with E-state index in [1.54, 1.807) is 25.1 Å². The Morgan fingerprint density at radius 2 is 1.96 bits per heavy atom. The van der Waals surface area contributed by atoms with Gasteiger partial charge < -0.3 is 13.9 Å². The maximum absolute atomic E-state index is 12.9. The maximum Gasteiger partial charge on any atom is 0.344 e. The van der Waals surface area contributed by atoms with Crippen LogP contribution in [-0.4, -0.2) is 19.2 Å². The molecule has 0 N–H and O–H groups in total. The number of hydrogen-bond acceptors (Lipinski definition) is 5. The second kappa shape index (κ2) is 8.22. The van der Waals surface area contributed by atoms with Gasteiger partial charge in [-0.2, -0.15) is 0 Å². The van der Waals surface area contributed by atoms with E-state index in [0.29, 0.717) is 28.0 Å². The fourth-order valence-corrected chi connectivity index (χ4v) is 2.93. The van der Waals surface area contributed by atoms with Crippen molar-refractivity contribution in [1.82, 2.24) is 0 Å². The molecule has 0 aliphatic heterocycles. The second-order valence-corrected chi connectivity index (χ2v) is 6.70. The first-order chi connectivity index (χ1) is 13.0. The zero-order valence-corrected chi connectivity index (χ0v) is 16.2. The normalized spacial score (nSPS) is 10.6. The van der Waals surface area contributed by atoms with Crippen LogP contribution in [-0.2, 0) is 9.53 Å². The van der Waals surface area contributed by atoms with Crippen molar-refractivity contribution in [2.24, 2.45) is 0 Å². The first-order valence-corrected chi connectivity index (χ1v) is 9.01. The minimum Gasteiger partial charge on any atom is -0.482 e. The molecule has 0 aliphatic carbocycles. The number of aryl methyl sites for hydroxylation is 1. The van der Waals surface area contributed by atoms with Gasteiger partial charge in [0.05, 0.1) is 10.9 Å². The Morgan fingerprint density at radius 1 is 1.22 bits per heavy atom. The number of hydrogen-bond donors (Lipinski definition) is 0. The van der Waals surface area contributed by atoms with Crippen LogP contribution < -0.4 is 10.2 Å². The summed E-state index contributed by atoms with van der Waals surface area (Å²) in [6.07, 6.45) is 1.48. The molecule has 0 unspecified atom stereocenters. The number of benzene rings is 2. The summed E-state index contributed by atoms with van der Waals surface area (Å²) < 4.78 is 17.0. The summed E-state index contributed by atoms with van der Waals surface area (Å²) in [6, 6.07) is 12.3. The molecule has 0 saturated carbocycles. The molecule has 3 aromatic rings. The quantitative estimate of drug-likeness (QED) is 0.422. The smallest absolute Gasteiger partial charge is 0.344 e. The van der Waals surface area contributed by atoms with Gasteiger partial charge in [0.1, 0.15) is 23.7 Å². The minimum atomic E-state index is -0.502. The molecular formula is C21H17BrO5. The summed E-state index contributed by atoms with van der Waals surface area (Å²) >= 11 is 3.39. The van der Waals surface area contributed by atoms with Crippen LogP contribution >= 0.6 is 15.9 Å². The topological polar surface area (TPSA) is 65.7 Å². The molecule has 0 bridgehead atoms. The van der Waals surface area contributed by atoms with Crippen molar-refractivity contribution < 1.29 is 18.7 Å². The highest BCUT2D eigenvalue weighted by atomic mass is 79.9. The molecule has 0 atom stereocenters. The van der Waals surface area contributed by atoms with E-state index in [1.807, 2.05) is 24.3 Å². The van der Waals surface area contributed by atoms with Crippen molar-refractivity contribution in [2.45, 2.75) is 6.92 Å². The van der Waals surface area contributed by atoms with Crippen LogP contribution in [0.1, 0.15) is 5.76 Å². The Labute approximate surface area is 164 Å². The molecule has 0 saturated heterocycles. The molecule has 0 fully saturated rings. The Morgan fingerprint density at radius 3 is 2.67 bits per heavy atom. The lowest BCUT2D eigenvalue weighted by molar-refractivity contribution is -0.144. The molecular weight excluding hydrogens is 412 g/mol. The van der Waals surface area contributed by atoms with Gasteiger partial charge in [-0.3, -0.25) is 4.79 Å². The summed E-state index contributed by atoms with van der Waals surface area (Å²) in [6.45, 7) is 5.12. The molecule has 27 heavy (non-hydrogen) atoms. The maximum atomic E-state index is 12.9. The molecule has 0 spiro atoms. The molecule has 0 radical (unpaired) electrons. The van der Waals surface area contributed by atoms with E-state index in [1.165, 1.54) is 6.08 Å². The van der Waals surface area contributed by atoms with E-state index in [-0.39, 0.29) is 18.6 Å². The third kappa shape index (κ3) is 4.28. The standard InChI is InChI=1S/C21H17BrO5/c1-3-10-25-19(23)12-26-16-8-9-17-18(11-16)27-13(2)20(21(17)24)14-4-6-15(22)7-5-14/h3-9,11H,1,10,12H2,2H3. The van der Waals surface area contributed by atoms with Gasteiger partial charge in [-0.25, -0.2) is 4.79 Å². The van der Waals surface area contributed by atoms with Gasteiger partial charge in [-0.1, -0.05) is 40.7 Å². The van der Waals surface area contributed by atoms with Crippen molar-refractivity contribution in [1.29, 1.82) is 0 Å². The third-order valence-electron chi connectivity index (χ3n) is 3.89. The zero-order valence-electron chi connectivity index (χ0n) is 14.7. The Kier molecular flexibility index (Phi) is 5.76. The van der Waals surface area contributed by atoms with E-state index in [0.717, 1.165) is 10.0 Å². The molecule has 1 aromatic heterocycles. The molecule has 138 valence electrons. The van der Waals surface area contributed by atoms with Crippen LogP contribution in [0.2, 0.25) is 0 Å². The van der Waals surface area contributed by atoms with Crippen LogP contribution in [0, 0.1) is 6.92 Å². The lowest BCUT2D eigenvalue weighted by Gasteiger charge is -2.09. The van der Waals surface area contributed by atoms with Crippen LogP contribution in [0.15, 0.2) is 68.8 Å². The highest BCUT2D eigenvalue weighted by Crippen LogP contribution is 2.27. The fraction of sp³-hybridized carbons (Fsp3) is 0.143. The van der Waals surface area contributed by atoms with Crippen molar-refractivity contribution >= 4 is 32.9 Å². The second-order valence-electron chi connectivity index (χ2n) is 5.79. The number of carbonyl (C=O) groups excluding carboxylic acids is 1. The third-order valence-corrected chi connectivity index (χ3v) is 4.42. The van der Waals surface area contributed by atoms with Crippen molar-refractivity contribution in [3.05, 3.63) is 75.6 Å². The molecule has 1 heterocycles. The number of carbonyl (C=O) groups is 1. The summed E-state index contributed by atoms with van der Waals surface area (Å²) in [4.78, 5) is 24.4. The number of halogens is 1. The first kappa shape index (κ1) is 18.9. The van der Waals surface area contributed by atoms with Crippen LogP contribution in [0.5, 0.6) is 5.75 Å². The molecule has 3 rings (SSSR count). The van der Waals surface area contributed by atoms with Crippen LogP contribution in [0.4, 0.5) is 0 Å². The summed E-state index contributed by atoms with van der Waals surface area (Å²) in [5.74, 6) is 0.424. The Bertz CT molecular complexity index is 1050. The van der Waals surface area contributed by atoms with Gasteiger partial charge in [-0.15, -0.1) is 0 Å². The molecule has 6 heteroatoms. The molecule has 5 nitrogen and oxygen atoms in total. The summed E-state index contributed by atoms with van der Waals surface area (Å²) in [7, 11) is 0. The first-order valence-electron chi connectivity index (χ1n) is 8.22. The van der Waals surface area contributed by atoms with E-state index in [4.69, 9.17) is 13.9 Å². The Hall–Kier alpha value is -2.86.